The minimum atomic E-state index is 0.506. The van der Waals surface area contributed by atoms with Gasteiger partial charge in [0.15, 0.2) is 0 Å². The molecule has 98 valence electrons. The maximum Gasteiger partial charge on any atom is 0.136 e. The van der Waals surface area contributed by atoms with Gasteiger partial charge in [0.05, 0.1) is 0 Å². The first-order valence-corrected chi connectivity index (χ1v) is 6.75. The number of hydrogen-bond acceptors (Lipinski definition) is 4. The van der Waals surface area contributed by atoms with Gasteiger partial charge in [0.2, 0.25) is 0 Å². The number of aromatic nitrogens is 2. The Morgan fingerprint density at radius 2 is 1.95 bits per heavy atom. The zero-order chi connectivity index (χ0) is 13.2. The smallest absolute Gasteiger partial charge is 0.136 e. The Morgan fingerprint density at radius 1 is 1.21 bits per heavy atom. The van der Waals surface area contributed by atoms with Crippen LogP contribution < -0.4 is 11.1 Å². The molecule has 0 bridgehead atoms. The molecule has 0 atom stereocenters. The molecule has 1 saturated carbocycles. The van der Waals surface area contributed by atoms with Crippen LogP contribution >= 0.6 is 0 Å². The number of nitrogens with one attached hydrogen (secondary N) is 1. The van der Waals surface area contributed by atoms with Crippen molar-refractivity contribution in [2.24, 2.45) is 0 Å². The Hall–Kier alpha value is -2.10. The van der Waals surface area contributed by atoms with Crippen LogP contribution in [0.1, 0.15) is 37.1 Å². The molecule has 0 amide bonds. The first-order valence-electron chi connectivity index (χ1n) is 6.75. The molecule has 1 aromatic heterocycles. The van der Waals surface area contributed by atoms with E-state index in [0.717, 1.165) is 23.8 Å². The Morgan fingerprint density at radius 3 is 2.58 bits per heavy atom. The van der Waals surface area contributed by atoms with Crippen LogP contribution in [0.4, 0.5) is 17.3 Å². The van der Waals surface area contributed by atoms with Crippen molar-refractivity contribution in [3.63, 3.8) is 0 Å². The van der Waals surface area contributed by atoms with Crippen molar-refractivity contribution in [1.29, 1.82) is 0 Å². The van der Waals surface area contributed by atoms with Gasteiger partial charge in [-0.05, 0) is 37.0 Å². The third kappa shape index (κ3) is 2.84. The van der Waals surface area contributed by atoms with Gasteiger partial charge in [0, 0.05) is 17.7 Å². The summed E-state index contributed by atoms with van der Waals surface area (Å²) in [4.78, 5) is 8.82. The number of hydrogen-bond donors (Lipinski definition) is 2. The van der Waals surface area contributed by atoms with Gasteiger partial charge in [-0.3, -0.25) is 0 Å². The molecule has 0 radical (unpaired) electrons. The molecule has 1 aromatic carbocycles. The Kier molecular flexibility index (Phi) is 3.07. The summed E-state index contributed by atoms with van der Waals surface area (Å²) in [6.07, 6.45) is 3.40. The normalized spacial score (nSPS) is 14.4. The van der Waals surface area contributed by atoms with Crippen LogP contribution in [0.25, 0.3) is 0 Å². The monoisotopic (exact) mass is 254 g/mol. The predicted octanol–water partition coefficient (Wildman–Crippen LogP) is 3.24. The van der Waals surface area contributed by atoms with Crippen LogP contribution in [0.3, 0.4) is 0 Å². The van der Waals surface area contributed by atoms with Crippen molar-refractivity contribution < 1.29 is 0 Å². The summed E-state index contributed by atoms with van der Waals surface area (Å²) in [6.45, 7) is 2.15. The average molecular weight is 254 g/mol. The van der Waals surface area contributed by atoms with Crippen molar-refractivity contribution in [3.05, 3.63) is 41.7 Å². The molecule has 3 N–H and O–H groups in total. The Bertz CT molecular complexity index is 573. The van der Waals surface area contributed by atoms with Crippen molar-refractivity contribution in [1.82, 2.24) is 9.97 Å². The lowest BCUT2D eigenvalue weighted by molar-refractivity contribution is 0.936. The minimum Gasteiger partial charge on any atom is -0.384 e. The Balaban J connectivity index is 1.81. The Labute approximate surface area is 113 Å². The summed E-state index contributed by atoms with van der Waals surface area (Å²) < 4.78 is 0. The summed E-state index contributed by atoms with van der Waals surface area (Å²) in [6, 6.07) is 10.1. The number of nitrogens with zero attached hydrogens (tertiary/aromatic N) is 2. The lowest BCUT2D eigenvalue weighted by Gasteiger charge is -2.08. The molecule has 0 saturated heterocycles. The topological polar surface area (TPSA) is 63.8 Å². The SMILES string of the molecule is CCc1ccc(Nc2cc(N)nc(C3CC3)n2)cc1. The number of benzene rings is 1. The third-order valence-corrected chi connectivity index (χ3v) is 3.34. The van der Waals surface area contributed by atoms with Crippen LogP contribution in [0, 0.1) is 0 Å². The molecular weight excluding hydrogens is 236 g/mol. The first-order chi connectivity index (χ1) is 9.24. The van der Waals surface area contributed by atoms with E-state index in [1.165, 1.54) is 18.4 Å². The highest BCUT2D eigenvalue weighted by Crippen LogP contribution is 2.38. The molecular formula is C15H18N4. The highest BCUT2D eigenvalue weighted by atomic mass is 15.1. The summed E-state index contributed by atoms with van der Waals surface area (Å²) in [5.74, 6) is 2.68. The third-order valence-electron chi connectivity index (χ3n) is 3.34. The van der Waals surface area contributed by atoms with Gasteiger partial charge < -0.3 is 11.1 Å². The molecule has 1 heterocycles. The summed E-state index contributed by atoms with van der Waals surface area (Å²) in [5.41, 5.74) is 8.18. The molecule has 1 aliphatic carbocycles. The molecule has 2 aromatic rings. The van der Waals surface area contributed by atoms with Crippen LogP contribution in [-0.4, -0.2) is 9.97 Å². The van der Waals surface area contributed by atoms with Crippen molar-refractivity contribution in [2.45, 2.75) is 32.1 Å². The van der Waals surface area contributed by atoms with E-state index in [9.17, 15) is 0 Å². The molecule has 1 fully saturated rings. The van der Waals surface area contributed by atoms with E-state index in [-0.39, 0.29) is 0 Å². The molecule has 0 spiro atoms. The molecule has 0 unspecified atom stereocenters. The van der Waals surface area contributed by atoms with E-state index in [0.29, 0.717) is 11.7 Å². The van der Waals surface area contributed by atoms with E-state index in [4.69, 9.17) is 5.73 Å². The van der Waals surface area contributed by atoms with Crippen LogP contribution in [0.2, 0.25) is 0 Å². The maximum atomic E-state index is 5.83. The molecule has 0 aliphatic heterocycles. The van der Waals surface area contributed by atoms with E-state index in [2.05, 4.69) is 46.5 Å². The minimum absolute atomic E-state index is 0.506. The fourth-order valence-electron chi connectivity index (χ4n) is 2.05. The summed E-state index contributed by atoms with van der Waals surface area (Å²) >= 11 is 0. The first kappa shape index (κ1) is 12.0. The van der Waals surface area contributed by atoms with E-state index in [1.807, 2.05) is 0 Å². The fourth-order valence-corrected chi connectivity index (χ4v) is 2.05. The second-order valence-corrected chi connectivity index (χ2v) is 4.99. The predicted molar refractivity (Wildman–Crippen MR) is 77.5 cm³/mol. The second-order valence-electron chi connectivity index (χ2n) is 4.99. The fraction of sp³-hybridized carbons (Fsp3) is 0.333. The van der Waals surface area contributed by atoms with Gasteiger partial charge in [0.1, 0.15) is 17.5 Å². The summed E-state index contributed by atoms with van der Waals surface area (Å²) in [5, 5.41) is 3.29. The zero-order valence-corrected chi connectivity index (χ0v) is 11.1. The van der Waals surface area contributed by atoms with Crippen LogP contribution in [0.15, 0.2) is 30.3 Å². The summed E-state index contributed by atoms with van der Waals surface area (Å²) in [7, 11) is 0. The number of nitrogens with two attached hydrogens (primary N) is 1. The van der Waals surface area contributed by atoms with Crippen LogP contribution in [-0.2, 0) is 6.42 Å². The number of nitrogen functional groups attached to an aromatic ring is 1. The molecule has 4 nitrogen and oxygen atoms in total. The molecule has 3 rings (SSSR count). The van der Waals surface area contributed by atoms with Crippen molar-refractivity contribution in [2.75, 3.05) is 11.1 Å². The standard InChI is InChI=1S/C15H18N4/c1-2-10-3-7-12(8-4-10)17-14-9-13(16)18-15(19-14)11-5-6-11/h3-4,7-9,11H,2,5-6H2,1H3,(H3,16,17,18,19). The van der Waals surface area contributed by atoms with E-state index in [1.54, 1.807) is 6.07 Å². The lowest BCUT2D eigenvalue weighted by atomic mass is 10.1. The van der Waals surface area contributed by atoms with Gasteiger partial charge >= 0.3 is 0 Å². The van der Waals surface area contributed by atoms with E-state index >= 15 is 0 Å². The quantitative estimate of drug-likeness (QED) is 0.879. The molecule has 19 heavy (non-hydrogen) atoms. The molecule has 1 aliphatic rings. The van der Waals surface area contributed by atoms with Gasteiger partial charge in [-0.2, -0.15) is 0 Å². The van der Waals surface area contributed by atoms with E-state index < -0.39 is 0 Å². The number of aryl methyl sites for hydroxylation is 1. The van der Waals surface area contributed by atoms with Crippen molar-refractivity contribution >= 4 is 17.3 Å². The largest absolute Gasteiger partial charge is 0.384 e. The number of anilines is 3. The van der Waals surface area contributed by atoms with Gasteiger partial charge in [-0.1, -0.05) is 19.1 Å². The lowest BCUT2D eigenvalue weighted by Crippen LogP contribution is -2.02. The van der Waals surface area contributed by atoms with Gasteiger partial charge in [-0.25, -0.2) is 9.97 Å². The average Bonchev–Trinajstić information content (AvgIpc) is 3.23. The zero-order valence-electron chi connectivity index (χ0n) is 11.1. The van der Waals surface area contributed by atoms with Crippen LogP contribution in [0.5, 0.6) is 0 Å². The molecule has 4 heteroatoms. The van der Waals surface area contributed by atoms with Gasteiger partial charge in [-0.15, -0.1) is 0 Å². The van der Waals surface area contributed by atoms with Crippen molar-refractivity contribution in [3.8, 4) is 0 Å². The second kappa shape index (κ2) is 4.88. The maximum absolute atomic E-state index is 5.83. The number of rotatable bonds is 4. The van der Waals surface area contributed by atoms with Gasteiger partial charge in [0.25, 0.3) is 0 Å². The highest BCUT2D eigenvalue weighted by molar-refractivity contribution is 5.58. The highest BCUT2D eigenvalue weighted by Gasteiger charge is 2.27.